The number of methoxy groups -OCH3 is 1. The normalized spacial score (nSPS) is 11.1. The van der Waals surface area contributed by atoms with Gasteiger partial charge in [-0.05, 0) is 37.1 Å². The number of fused-ring (bicyclic) bond motifs is 3. The average Bonchev–Trinajstić information content (AvgIpc) is 2.82. The molecule has 2 aromatic carbocycles. The predicted molar refractivity (Wildman–Crippen MR) is 76.6 cm³/mol. The van der Waals surface area contributed by atoms with Crippen LogP contribution in [-0.4, -0.2) is 18.1 Å². The van der Waals surface area contributed by atoms with Crippen molar-refractivity contribution in [2.24, 2.45) is 0 Å². The van der Waals surface area contributed by atoms with Gasteiger partial charge in [0.1, 0.15) is 0 Å². The van der Waals surface area contributed by atoms with Crippen LogP contribution in [0.5, 0.6) is 0 Å². The minimum atomic E-state index is -0.284. The number of ether oxygens (including phenoxy) is 1. The summed E-state index contributed by atoms with van der Waals surface area (Å²) < 4.78 is 4.86. The first-order valence-corrected chi connectivity index (χ1v) is 6.22. The minimum absolute atomic E-state index is 0.284. The molecule has 1 heterocycles. The number of benzene rings is 2. The quantitative estimate of drug-likeness (QED) is 0.671. The summed E-state index contributed by atoms with van der Waals surface area (Å²) in [6, 6.07) is 10.0. The Morgan fingerprint density at radius 3 is 2.68 bits per heavy atom. The van der Waals surface area contributed by atoms with E-state index in [0.29, 0.717) is 5.56 Å². The van der Waals surface area contributed by atoms with Gasteiger partial charge in [0.2, 0.25) is 0 Å². The van der Waals surface area contributed by atoms with Crippen molar-refractivity contribution in [3.63, 3.8) is 0 Å². The van der Waals surface area contributed by atoms with Crippen LogP contribution in [0.4, 0.5) is 0 Å². The van der Waals surface area contributed by atoms with Crippen molar-refractivity contribution in [2.75, 3.05) is 7.11 Å². The van der Waals surface area contributed by atoms with Crippen LogP contribution in [0.2, 0.25) is 0 Å². The minimum Gasteiger partial charge on any atom is -0.465 e. The van der Waals surface area contributed by atoms with Crippen LogP contribution in [0.25, 0.3) is 21.8 Å². The molecule has 3 heteroatoms. The van der Waals surface area contributed by atoms with Gasteiger partial charge in [-0.1, -0.05) is 18.2 Å². The van der Waals surface area contributed by atoms with E-state index in [9.17, 15) is 4.79 Å². The molecule has 0 saturated carbocycles. The molecule has 0 aliphatic carbocycles. The van der Waals surface area contributed by atoms with Crippen molar-refractivity contribution in [3.05, 3.63) is 47.0 Å². The highest BCUT2D eigenvalue weighted by Crippen LogP contribution is 2.32. The predicted octanol–water partition coefficient (Wildman–Crippen LogP) is 3.72. The molecule has 0 saturated heterocycles. The third-order valence-corrected chi connectivity index (χ3v) is 3.65. The van der Waals surface area contributed by atoms with Crippen molar-refractivity contribution in [1.82, 2.24) is 4.98 Å². The van der Waals surface area contributed by atoms with Gasteiger partial charge in [-0.15, -0.1) is 0 Å². The van der Waals surface area contributed by atoms with Crippen LogP contribution < -0.4 is 0 Å². The van der Waals surface area contributed by atoms with Gasteiger partial charge in [0, 0.05) is 21.8 Å². The summed E-state index contributed by atoms with van der Waals surface area (Å²) in [5.41, 5.74) is 4.83. The Balaban J connectivity index is 2.49. The van der Waals surface area contributed by atoms with Gasteiger partial charge in [0.15, 0.2) is 0 Å². The smallest absolute Gasteiger partial charge is 0.338 e. The first kappa shape index (κ1) is 11.8. The second-order valence-corrected chi connectivity index (χ2v) is 4.78. The SMILES string of the molecule is COC(=O)c1cc(C)c2[nH]c3ccccc3c2c1C. The number of H-pyrrole nitrogens is 1. The van der Waals surface area contributed by atoms with Crippen molar-refractivity contribution >= 4 is 27.8 Å². The maximum atomic E-state index is 11.9. The number of carbonyl (C=O) groups is 1. The lowest BCUT2D eigenvalue weighted by Gasteiger charge is -2.08. The van der Waals surface area contributed by atoms with Crippen molar-refractivity contribution in [2.45, 2.75) is 13.8 Å². The van der Waals surface area contributed by atoms with Gasteiger partial charge >= 0.3 is 5.97 Å². The fraction of sp³-hybridized carbons (Fsp3) is 0.188. The Bertz CT molecular complexity index is 799. The third-order valence-electron chi connectivity index (χ3n) is 3.65. The van der Waals surface area contributed by atoms with E-state index in [-0.39, 0.29) is 5.97 Å². The van der Waals surface area contributed by atoms with Crippen LogP contribution in [0.1, 0.15) is 21.5 Å². The van der Waals surface area contributed by atoms with Gasteiger partial charge < -0.3 is 9.72 Å². The number of para-hydroxylation sites is 1. The molecule has 0 spiro atoms. The summed E-state index contributed by atoms with van der Waals surface area (Å²) in [4.78, 5) is 15.3. The first-order valence-electron chi connectivity index (χ1n) is 6.22. The lowest BCUT2D eigenvalue weighted by molar-refractivity contribution is 0.0600. The summed E-state index contributed by atoms with van der Waals surface area (Å²) in [5.74, 6) is -0.284. The highest BCUT2D eigenvalue weighted by molar-refractivity contribution is 6.12. The molecule has 0 amide bonds. The summed E-state index contributed by atoms with van der Waals surface area (Å²) in [6.45, 7) is 3.97. The lowest BCUT2D eigenvalue weighted by atomic mass is 9.98. The fourth-order valence-electron chi connectivity index (χ4n) is 2.68. The zero-order chi connectivity index (χ0) is 13.6. The number of esters is 1. The Labute approximate surface area is 111 Å². The number of aryl methyl sites for hydroxylation is 2. The molecule has 3 aromatic rings. The van der Waals surface area contributed by atoms with Gasteiger partial charge in [-0.3, -0.25) is 0 Å². The number of aromatic amines is 1. The maximum absolute atomic E-state index is 11.9. The lowest BCUT2D eigenvalue weighted by Crippen LogP contribution is -2.04. The number of aromatic nitrogens is 1. The summed E-state index contributed by atoms with van der Waals surface area (Å²) >= 11 is 0. The molecule has 96 valence electrons. The molecular formula is C16H15NO2. The first-order chi connectivity index (χ1) is 9.13. The van der Waals surface area contributed by atoms with Crippen molar-refractivity contribution < 1.29 is 9.53 Å². The van der Waals surface area contributed by atoms with Gasteiger partial charge in [0.25, 0.3) is 0 Å². The number of rotatable bonds is 1. The van der Waals surface area contributed by atoms with E-state index >= 15 is 0 Å². The highest BCUT2D eigenvalue weighted by atomic mass is 16.5. The molecule has 0 bridgehead atoms. The van der Waals surface area contributed by atoms with Crippen molar-refractivity contribution in [3.8, 4) is 0 Å². The van der Waals surface area contributed by atoms with E-state index in [1.54, 1.807) is 0 Å². The van der Waals surface area contributed by atoms with Crippen molar-refractivity contribution in [1.29, 1.82) is 0 Å². The standard InChI is InChI=1S/C16H15NO2/c1-9-8-12(16(18)19-3)10(2)14-11-6-4-5-7-13(11)17-15(9)14/h4-8,17H,1-3H3. The maximum Gasteiger partial charge on any atom is 0.338 e. The molecule has 0 unspecified atom stereocenters. The zero-order valence-corrected chi connectivity index (χ0v) is 11.2. The molecule has 0 atom stereocenters. The molecule has 3 nitrogen and oxygen atoms in total. The van der Waals surface area contributed by atoms with Crippen LogP contribution in [0.15, 0.2) is 30.3 Å². The zero-order valence-electron chi connectivity index (χ0n) is 11.2. The molecule has 0 aliphatic heterocycles. The Morgan fingerprint density at radius 2 is 1.95 bits per heavy atom. The molecule has 1 aromatic heterocycles. The topological polar surface area (TPSA) is 42.1 Å². The monoisotopic (exact) mass is 253 g/mol. The largest absolute Gasteiger partial charge is 0.465 e. The van der Waals surface area contributed by atoms with E-state index in [4.69, 9.17) is 4.74 Å². The van der Waals surface area contributed by atoms with E-state index in [0.717, 1.165) is 32.9 Å². The number of nitrogens with one attached hydrogen (secondary N) is 1. The third kappa shape index (κ3) is 1.62. The fourth-order valence-corrected chi connectivity index (χ4v) is 2.68. The molecule has 3 rings (SSSR count). The van der Waals surface area contributed by atoms with E-state index < -0.39 is 0 Å². The number of hydrogen-bond acceptors (Lipinski definition) is 2. The van der Waals surface area contributed by atoms with Crippen LogP contribution in [0.3, 0.4) is 0 Å². The molecule has 0 aliphatic rings. The molecule has 0 radical (unpaired) electrons. The number of hydrogen-bond donors (Lipinski definition) is 1. The summed E-state index contributed by atoms with van der Waals surface area (Å²) in [7, 11) is 1.41. The van der Waals surface area contributed by atoms with Crippen LogP contribution >= 0.6 is 0 Å². The van der Waals surface area contributed by atoms with Gasteiger partial charge in [-0.25, -0.2) is 4.79 Å². The van der Waals surface area contributed by atoms with E-state index in [2.05, 4.69) is 11.1 Å². The number of carbonyl (C=O) groups excluding carboxylic acids is 1. The Hall–Kier alpha value is -2.29. The van der Waals surface area contributed by atoms with E-state index in [1.165, 1.54) is 7.11 Å². The second kappa shape index (κ2) is 4.12. The van der Waals surface area contributed by atoms with E-state index in [1.807, 2.05) is 38.1 Å². The Morgan fingerprint density at radius 1 is 1.21 bits per heavy atom. The summed E-state index contributed by atoms with van der Waals surface area (Å²) in [6.07, 6.45) is 0. The second-order valence-electron chi connectivity index (χ2n) is 4.78. The van der Waals surface area contributed by atoms with Gasteiger partial charge in [-0.2, -0.15) is 0 Å². The molecular weight excluding hydrogens is 238 g/mol. The average molecular weight is 253 g/mol. The highest BCUT2D eigenvalue weighted by Gasteiger charge is 2.16. The summed E-state index contributed by atoms with van der Waals surface area (Å²) in [5, 5.41) is 2.25. The van der Waals surface area contributed by atoms with Crippen LogP contribution in [0, 0.1) is 13.8 Å². The molecule has 0 fully saturated rings. The molecule has 1 N–H and O–H groups in total. The van der Waals surface area contributed by atoms with Crippen LogP contribution in [-0.2, 0) is 4.74 Å². The van der Waals surface area contributed by atoms with Gasteiger partial charge in [0.05, 0.1) is 12.7 Å². The Kier molecular flexibility index (Phi) is 2.56. The molecule has 19 heavy (non-hydrogen) atoms.